The number of nitrogens with zero attached hydrogens (tertiary/aromatic N) is 1. The Bertz CT molecular complexity index is 392. The maximum Gasteiger partial charge on any atom is 0.337 e. The van der Waals surface area contributed by atoms with E-state index in [1.165, 1.54) is 20.8 Å². The molecule has 0 aromatic heterocycles. The van der Waals surface area contributed by atoms with Crippen molar-refractivity contribution in [3.63, 3.8) is 0 Å². The third-order valence-corrected chi connectivity index (χ3v) is 2.36. The van der Waals surface area contributed by atoms with E-state index in [0.29, 0.717) is 0 Å². The zero-order chi connectivity index (χ0) is 15.4. The van der Waals surface area contributed by atoms with E-state index < -0.39 is 46.7 Å². The van der Waals surface area contributed by atoms with Gasteiger partial charge >= 0.3 is 11.9 Å². The van der Waals surface area contributed by atoms with E-state index >= 15 is 0 Å². The summed E-state index contributed by atoms with van der Waals surface area (Å²) in [6, 6.07) is 0. The lowest BCUT2D eigenvalue weighted by molar-refractivity contribution is -0.776. The van der Waals surface area contributed by atoms with E-state index in [9.17, 15) is 24.5 Å². The summed E-state index contributed by atoms with van der Waals surface area (Å²) in [5.74, 6) is -4.15. The Labute approximate surface area is 108 Å². The number of hydrogen-bond donors (Lipinski definition) is 2. The fourth-order valence-corrected chi connectivity index (χ4v) is 1.23. The minimum Gasteiger partial charge on any atom is -0.481 e. The van der Waals surface area contributed by atoms with Crippen LogP contribution < -0.4 is 0 Å². The van der Waals surface area contributed by atoms with Crippen molar-refractivity contribution in [3.05, 3.63) is 10.1 Å². The highest BCUT2D eigenvalue weighted by atomic mass is 17.0. The van der Waals surface area contributed by atoms with Crippen molar-refractivity contribution < 1.29 is 34.5 Å². The Morgan fingerprint density at radius 3 is 1.89 bits per heavy atom. The molecule has 0 heterocycles. The van der Waals surface area contributed by atoms with Crippen molar-refractivity contribution in [3.8, 4) is 0 Å². The Morgan fingerprint density at radius 1 is 1.16 bits per heavy atom. The number of aliphatic carboxylic acids is 2. The lowest BCUT2D eigenvalue weighted by Gasteiger charge is -2.27. The number of hydrogen-bond acceptors (Lipinski definition) is 6. The van der Waals surface area contributed by atoms with Crippen molar-refractivity contribution in [2.75, 3.05) is 0 Å². The van der Waals surface area contributed by atoms with Gasteiger partial charge in [0.2, 0.25) is 5.60 Å². The normalized spacial score (nSPS) is 14.3. The first-order valence-corrected chi connectivity index (χ1v) is 5.23. The first kappa shape index (κ1) is 16.8. The average molecular weight is 277 g/mol. The van der Waals surface area contributed by atoms with Crippen molar-refractivity contribution in [1.82, 2.24) is 0 Å². The summed E-state index contributed by atoms with van der Waals surface area (Å²) in [4.78, 5) is 47.9. The molecule has 0 saturated heterocycles. The second-order valence-corrected chi connectivity index (χ2v) is 5.03. The summed E-state index contributed by atoms with van der Waals surface area (Å²) in [5, 5.41) is 26.6. The third kappa shape index (κ3) is 4.90. The molecule has 0 amide bonds. The van der Waals surface area contributed by atoms with Gasteiger partial charge in [0, 0.05) is 11.8 Å². The lowest BCUT2D eigenvalue weighted by atomic mass is 9.82. The van der Waals surface area contributed by atoms with Crippen molar-refractivity contribution in [2.45, 2.75) is 39.2 Å². The van der Waals surface area contributed by atoms with E-state index in [1.807, 2.05) is 0 Å². The summed E-state index contributed by atoms with van der Waals surface area (Å²) >= 11 is 0. The Kier molecular flexibility index (Phi) is 4.98. The van der Waals surface area contributed by atoms with E-state index in [4.69, 9.17) is 10.2 Å². The highest BCUT2D eigenvalue weighted by Gasteiger charge is 2.48. The second-order valence-electron chi connectivity index (χ2n) is 5.03. The smallest absolute Gasteiger partial charge is 0.337 e. The van der Waals surface area contributed by atoms with Crippen LogP contribution in [0.5, 0.6) is 0 Å². The number of carboxylic acids is 2. The number of carbonyl (C=O) groups excluding carboxylic acids is 1. The van der Waals surface area contributed by atoms with Crippen molar-refractivity contribution >= 4 is 17.7 Å². The molecule has 0 aliphatic carbocycles. The molecule has 1 unspecified atom stereocenters. The maximum atomic E-state index is 11.8. The van der Waals surface area contributed by atoms with Crippen LogP contribution in [0.2, 0.25) is 0 Å². The van der Waals surface area contributed by atoms with Crippen LogP contribution in [0.4, 0.5) is 0 Å². The first-order valence-electron chi connectivity index (χ1n) is 5.23. The van der Waals surface area contributed by atoms with Crippen LogP contribution in [-0.4, -0.2) is 38.6 Å². The topological polar surface area (TPSA) is 144 Å². The predicted octanol–water partition coefficient (Wildman–Crippen LogP) is 0.498. The van der Waals surface area contributed by atoms with Crippen LogP contribution >= 0.6 is 0 Å². The largest absolute Gasteiger partial charge is 0.481 e. The summed E-state index contributed by atoms with van der Waals surface area (Å²) in [6.45, 7) is 4.44. The minimum atomic E-state index is -2.71. The number of rotatable bonds is 7. The molecule has 0 aliphatic rings. The molecule has 0 aromatic carbocycles. The van der Waals surface area contributed by atoms with Gasteiger partial charge in [0.15, 0.2) is 0 Å². The first-order chi connectivity index (χ1) is 8.40. The highest BCUT2D eigenvalue weighted by Crippen LogP contribution is 2.28. The summed E-state index contributed by atoms with van der Waals surface area (Å²) in [7, 11) is 0. The molecular formula is C10H15NO8. The van der Waals surface area contributed by atoms with Gasteiger partial charge in [-0.15, -0.1) is 10.1 Å². The predicted molar refractivity (Wildman–Crippen MR) is 59.8 cm³/mol. The molecular weight excluding hydrogens is 262 g/mol. The molecule has 9 nitrogen and oxygen atoms in total. The molecule has 0 aromatic rings. The van der Waals surface area contributed by atoms with Crippen LogP contribution in [-0.2, 0) is 19.2 Å². The Hall–Kier alpha value is -2.19. The van der Waals surface area contributed by atoms with Crippen molar-refractivity contribution in [2.24, 2.45) is 5.41 Å². The number of Topliss-reactive ketones (excluding diaryl/α,β-unsaturated/α-hetero) is 1. The van der Waals surface area contributed by atoms with Gasteiger partial charge in [-0.25, -0.2) is 4.79 Å². The van der Waals surface area contributed by atoms with Gasteiger partial charge in [-0.1, -0.05) is 20.8 Å². The summed E-state index contributed by atoms with van der Waals surface area (Å²) in [5.41, 5.74) is -3.68. The molecule has 0 bridgehead atoms. The zero-order valence-corrected chi connectivity index (χ0v) is 10.7. The van der Waals surface area contributed by atoms with Gasteiger partial charge in [0.05, 0.1) is 6.42 Å². The standard InChI is InChI=1S/C10H15NO8/c1-9(2,3)6(12)4-10(8(15)16,5-7(13)14)19-11(17)18/h4-5H2,1-3H3,(H,13,14)(H,15,16). The van der Waals surface area contributed by atoms with Crippen LogP contribution in [0, 0.1) is 15.5 Å². The van der Waals surface area contributed by atoms with Gasteiger partial charge in [-0.2, -0.15) is 0 Å². The van der Waals surface area contributed by atoms with Crippen LogP contribution in [0.1, 0.15) is 33.6 Å². The Morgan fingerprint density at radius 2 is 1.63 bits per heavy atom. The van der Waals surface area contributed by atoms with Gasteiger partial charge in [-0.3, -0.25) is 14.4 Å². The second kappa shape index (κ2) is 5.63. The fraction of sp³-hybridized carbons (Fsp3) is 0.700. The van der Waals surface area contributed by atoms with Crippen LogP contribution in [0.15, 0.2) is 0 Å². The molecule has 9 heteroatoms. The SMILES string of the molecule is CC(C)(C)C(=O)CC(CC(=O)O)(O[N+](=O)[O-])C(=O)O. The molecule has 2 N–H and O–H groups in total. The van der Waals surface area contributed by atoms with E-state index in [1.54, 1.807) is 0 Å². The average Bonchev–Trinajstić information content (AvgIpc) is 2.12. The summed E-state index contributed by atoms with van der Waals surface area (Å²) in [6.07, 6.45) is -2.09. The van der Waals surface area contributed by atoms with Crippen LogP contribution in [0.25, 0.3) is 0 Å². The molecule has 0 radical (unpaired) electrons. The molecule has 108 valence electrons. The lowest BCUT2D eigenvalue weighted by Crippen LogP contribution is -2.48. The highest BCUT2D eigenvalue weighted by molar-refractivity contribution is 5.93. The van der Waals surface area contributed by atoms with Crippen LogP contribution in [0.3, 0.4) is 0 Å². The fourth-order valence-electron chi connectivity index (χ4n) is 1.23. The monoisotopic (exact) mass is 277 g/mol. The summed E-state index contributed by atoms with van der Waals surface area (Å²) < 4.78 is 0. The Balaban J connectivity index is 5.45. The number of carbonyl (C=O) groups is 3. The molecule has 0 fully saturated rings. The molecule has 0 spiro atoms. The van der Waals surface area contributed by atoms with E-state index in [2.05, 4.69) is 4.84 Å². The number of ketones is 1. The quantitative estimate of drug-likeness (QED) is 0.505. The molecule has 0 rings (SSSR count). The molecule has 19 heavy (non-hydrogen) atoms. The van der Waals surface area contributed by atoms with Crippen molar-refractivity contribution in [1.29, 1.82) is 0 Å². The minimum absolute atomic E-state index is 0.655. The van der Waals surface area contributed by atoms with Gasteiger partial charge < -0.3 is 10.2 Å². The van der Waals surface area contributed by atoms with E-state index in [-0.39, 0.29) is 0 Å². The number of carboxylic acid groups (broad SMARTS) is 2. The third-order valence-electron chi connectivity index (χ3n) is 2.36. The van der Waals surface area contributed by atoms with Gasteiger partial charge in [0.1, 0.15) is 5.78 Å². The van der Waals surface area contributed by atoms with Gasteiger partial charge in [0.25, 0.3) is 5.09 Å². The molecule has 0 aliphatic heterocycles. The zero-order valence-electron chi connectivity index (χ0n) is 10.7. The van der Waals surface area contributed by atoms with Gasteiger partial charge in [-0.05, 0) is 0 Å². The van der Waals surface area contributed by atoms with E-state index in [0.717, 1.165) is 0 Å². The molecule has 0 saturated carbocycles. The maximum absolute atomic E-state index is 11.8. The molecule has 1 atom stereocenters.